The van der Waals surface area contributed by atoms with Crippen LogP contribution in [0.1, 0.15) is 5.56 Å². The van der Waals surface area contributed by atoms with Crippen molar-refractivity contribution in [3.63, 3.8) is 0 Å². The van der Waals surface area contributed by atoms with Gasteiger partial charge < -0.3 is 9.30 Å². The Morgan fingerprint density at radius 3 is 2.33 bits per heavy atom. The molecule has 5 nitrogen and oxygen atoms in total. The highest BCUT2D eigenvalue weighted by Crippen LogP contribution is 2.23. The largest absolute Gasteiger partial charge is 0.497 e. The topological polar surface area (TPSA) is 65.4 Å². The van der Waals surface area contributed by atoms with Gasteiger partial charge in [-0.1, -0.05) is 30.3 Å². The van der Waals surface area contributed by atoms with E-state index in [2.05, 4.69) is 0 Å². The highest BCUT2D eigenvalue weighted by molar-refractivity contribution is 7.91. The quantitative estimate of drug-likeness (QED) is 0.486. The van der Waals surface area contributed by atoms with Crippen LogP contribution in [0.3, 0.4) is 0 Å². The normalized spacial score (nSPS) is 11.5. The molecule has 152 valence electrons. The van der Waals surface area contributed by atoms with Crippen LogP contribution in [0.2, 0.25) is 0 Å². The first-order valence-corrected chi connectivity index (χ1v) is 10.6. The molecule has 0 bridgehead atoms. The molecule has 0 saturated carbocycles. The lowest BCUT2D eigenvalue weighted by atomic mass is 10.1. The lowest BCUT2D eigenvalue weighted by Gasteiger charge is -2.14. The van der Waals surface area contributed by atoms with E-state index in [9.17, 15) is 17.6 Å². The van der Waals surface area contributed by atoms with Crippen LogP contribution >= 0.6 is 0 Å². The average molecular weight is 423 g/mol. The Labute approximate surface area is 172 Å². The van der Waals surface area contributed by atoms with Crippen LogP contribution in [0.25, 0.3) is 10.9 Å². The van der Waals surface area contributed by atoms with Crippen molar-refractivity contribution >= 4 is 20.7 Å². The molecule has 1 aromatic heterocycles. The first-order chi connectivity index (χ1) is 14.4. The van der Waals surface area contributed by atoms with Gasteiger partial charge in [0.2, 0.25) is 15.3 Å². The Hall–Kier alpha value is -3.45. The summed E-state index contributed by atoms with van der Waals surface area (Å²) in [6.07, 6.45) is 1.33. The number of hydrogen-bond acceptors (Lipinski definition) is 4. The van der Waals surface area contributed by atoms with Gasteiger partial charge in [0.15, 0.2) is 0 Å². The zero-order chi connectivity index (χ0) is 21.3. The predicted octanol–water partition coefficient (Wildman–Crippen LogP) is 4.03. The second-order valence-corrected chi connectivity index (χ2v) is 8.69. The molecule has 0 spiro atoms. The number of ether oxygens (including phenoxy) is 1. The van der Waals surface area contributed by atoms with Crippen molar-refractivity contribution in [1.82, 2.24) is 4.57 Å². The van der Waals surface area contributed by atoms with E-state index in [-0.39, 0.29) is 15.2 Å². The molecule has 0 fully saturated rings. The number of sulfone groups is 1. The van der Waals surface area contributed by atoms with Crippen molar-refractivity contribution in [2.45, 2.75) is 16.3 Å². The van der Waals surface area contributed by atoms with Gasteiger partial charge in [0, 0.05) is 18.1 Å². The van der Waals surface area contributed by atoms with Crippen molar-refractivity contribution in [3.05, 3.63) is 101 Å². The summed E-state index contributed by atoms with van der Waals surface area (Å²) in [7, 11) is -2.51. The Bertz CT molecular complexity index is 1380. The summed E-state index contributed by atoms with van der Waals surface area (Å²) in [6.45, 7) is 0.295. The van der Waals surface area contributed by atoms with Crippen LogP contribution in [0.5, 0.6) is 5.75 Å². The molecule has 0 saturated heterocycles. The van der Waals surface area contributed by atoms with E-state index in [0.29, 0.717) is 17.8 Å². The monoisotopic (exact) mass is 423 g/mol. The van der Waals surface area contributed by atoms with Gasteiger partial charge in [0.25, 0.3) is 0 Å². The van der Waals surface area contributed by atoms with E-state index >= 15 is 0 Å². The molecule has 0 aliphatic rings. The van der Waals surface area contributed by atoms with Crippen molar-refractivity contribution in [1.29, 1.82) is 0 Å². The Morgan fingerprint density at radius 1 is 0.967 bits per heavy atom. The Morgan fingerprint density at radius 2 is 1.67 bits per heavy atom. The maximum atomic E-state index is 13.9. The molecule has 0 unspecified atom stereocenters. The second-order valence-electron chi connectivity index (χ2n) is 6.78. The van der Waals surface area contributed by atoms with Crippen LogP contribution in [-0.2, 0) is 16.4 Å². The van der Waals surface area contributed by atoms with Crippen LogP contribution in [0, 0.1) is 5.82 Å². The SMILES string of the molecule is COc1ccc(Cn2cc(S(=O)(=O)c3ccccc3)c(=O)c3cc(F)ccc32)cc1. The first-order valence-electron chi connectivity index (χ1n) is 9.16. The lowest BCUT2D eigenvalue weighted by Crippen LogP contribution is -2.19. The van der Waals surface area contributed by atoms with Gasteiger partial charge in [-0.15, -0.1) is 0 Å². The minimum Gasteiger partial charge on any atom is -0.497 e. The summed E-state index contributed by atoms with van der Waals surface area (Å²) in [5.74, 6) is 0.0859. The minimum atomic E-state index is -4.08. The van der Waals surface area contributed by atoms with Gasteiger partial charge >= 0.3 is 0 Å². The first kappa shape index (κ1) is 19.8. The number of fused-ring (bicyclic) bond motifs is 1. The van der Waals surface area contributed by atoms with Gasteiger partial charge in [0.1, 0.15) is 16.5 Å². The molecule has 0 aliphatic heterocycles. The van der Waals surface area contributed by atoms with E-state index in [0.717, 1.165) is 11.6 Å². The van der Waals surface area contributed by atoms with Crippen molar-refractivity contribution in [3.8, 4) is 5.75 Å². The summed E-state index contributed by atoms with van der Waals surface area (Å²) < 4.78 is 47.0. The summed E-state index contributed by atoms with van der Waals surface area (Å²) >= 11 is 0. The molecule has 1 heterocycles. The molecule has 7 heteroatoms. The summed E-state index contributed by atoms with van der Waals surface area (Å²) in [4.78, 5) is 12.6. The molecule has 0 amide bonds. The average Bonchev–Trinajstić information content (AvgIpc) is 2.76. The summed E-state index contributed by atoms with van der Waals surface area (Å²) in [5.41, 5.74) is 0.594. The lowest BCUT2D eigenvalue weighted by molar-refractivity contribution is 0.414. The van der Waals surface area contributed by atoms with Crippen molar-refractivity contribution in [2.24, 2.45) is 0 Å². The second kappa shape index (κ2) is 7.76. The third-order valence-corrected chi connectivity index (χ3v) is 6.63. The number of benzene rings is 3. The van der Waals surface area contributed by atoms with Gasteiger partial charge in [-0.3, -0.25) is 4.79 Å². The molecule has 30 heavy (non-hydrogen) atoms. The van der Waals surface area contributed by atoms with E-state index in [1.807, 2.05) is 12.1 Å². The van der Waals surface area contributed by atoms with Crippen molar-refractivity contribution < 1.29 is 17.5 Å². The highest BCUT2D eigenvalue weighted by atomic mass is 32.2. The molecular weight excluding hydrogens is 405 g/mol. The van der Waals surface area contributed by atoms with Gasteiger partial charge in [-0.25, -0.2) is 12.8 Å². The summed E-state index contributed by atoms with van der Waals surface area (Å²) in [5, 5.41) is 0.0144. The van der Waals surface area contributed by atoms with Crippen LogP contribution in [0.4, 0.5) is 4.39 Å². The van der Waals surface area contributed by atoms with Crippen LogP contribution < -0.4 is 10.2 Å². The third kappa shape index (κ3) is 3.59. The van der Waals surface area contributed by atoms with E-state index in [1.54, 1.807) is 42.0 Å². The smallest absolute Gasteiger partial charge is 0.211 e. The maximum absolute atomic E-state index is 13.9. The zero-order valence-corrected chi connectivity index (χ0v) is 16.9. The standard InChI is InChI=1S/C23H18FNO4S/c1-29-18-10-7-16(8-11-18)14-25-15-22(30(27,28)19-5-3-2-4-6-19)23(26)20-13-17(24)9-12-21(20)25/h2-13,15H,14H2,1H3. The number of hydrogen-bond donors (Lipinski definition) is 0. The van der Waals surface area contributed by atoms with E-state index in [4.69, 9.17) is 4.74 Å². The number of aromatic nitrogens is 1. The molecule has 0 radical (unpaired) electrons. The molecule has 3 aromatic carbocycles. The highest BCUT2D eigenvalue weighted by Gasteiger charge is 2.24. The zero-order valence-electron chi connectivity index (χ0n) is 16.1. The molecule has 0 N–H and O–H groups in total. The Balaban J connectivity index is 1.93. The molecule has 0 aliphatic carbocycles. The molecular formula is C23H18FNO4S. The fourth-order valence-corrected chi connectivity index (χ4v) is 4.71. The maximum Gasteiger partial charge on any atom is 0.211 e. The van der Waals surface area contributed by atoms with Crippen molar-refractivity contribution in [2.75, 3.05) is 7.11 Å². The number of methoxy groups -OCH3 is 1. The molecule has 0 atom stereocenters. The fraction of sp³-hybridized carbons (Fsp3) is 0.0870. The van der Waals surface area contributed by atoms with Crippen LogP contribution in [-0.4, -0.2) is 20.1 Å². The molecule has 4 rings (SSSR count). The minimum absolute atomic E-state index is 0.00819. The van der Waals surface area contributed by atoms with Gasteiger partial charge in [0.05, 0.1) is 17.5 Å². The summed E-state index contributed by atoms with van der Waals surface area (Å²) in [6, 6.07) is 18.8. The number of pyridine rings is 1. The van der Waals surface area contributed by atoms with Gasteiger partial charge in [-0.05, 0) is 48.0 Å². The fourth-order valence-electron chi connectivity index (χ4n) is 3.32. The number of halogens is 1. The van der Waals surface area contributed by atoms with E-state index in [1.165, 1.54) is 30.5 Å². The third-order valence-electron chi connectivity index (χ3n) is 4.86. The number of nitrogens with zero attached hydrogens (tertiary/aromatic N) is 1. The van der Waals surface area contributed by atoms with Gasteiger partial charge in [-0.2, -0.15) is 0 Å². The Kier molecular flexibility index (Phi) is 5.13. The van der Waals surface area contributed by atoms with Crippen LogP contribution in [0.15, 0.2) is 93.6 Å². The number of rotatable bonds is 5. The van der Waals surface area contributed by atoms with E-state index < -0.39 is 21.1 Å². The predicted molar refractivity (Wildman–Crippen MR) is 112 cm³/mol. The molecule has 4 aromatic rings.